The van der Waals surface area contributed by atoms with Gasteiger partial charge in [-0.05, 0) is 30.9 Å². The van der Waals surface area contributed by atoms with Gasteiger partial charge in [-0.3, -0.25) is 9.59 Å². The smallest absolute Gasteiger partial charge is 0.258 e. The molecule has 1 aromatic rings. The van der Waals surface area contributed by atoms with Gasteiger partial charge in [-0.1, -0.05) is 20.3 Å². The number of amides is 2. The number of nitrogens with two attached hydrogens (primary N) is 1. The second kappa shape index (κ2) is 8.71. The highest BCUT2D eigenvalue weighted by Crippen LogP contribution is 2.30. The summed E-state index contributed by atoms with van der Waals surface area (Å²) in [4.78, 5) is 24.0. The first kappa shape index (κ1) is 19.1. The molecular formula is C18H27N3O4. The van der Waals surface area contributed by atoms with E-state index in [1.165, 1.54) is 7.11 Å². The molecule has 2 unspecified atom stereocenters. The normalized spacial score (nSPS) is 15.8. The molecule has 1 fully saturated rings. The van der Waals surface area contributed by atoms with Gasteiger partial charge in [0.1, 0.15) is 0 Å². The summed E-state index contributed by atoms with van der Waals surface area (Å²) in [6, 6.07) is 4.71. The Hall–Kier alpha value is -2.28. The molecule has 0 radical (unpaired) electrons. The molecule has 0 heterocycles. The molecule has 0 aromatic heterocycles. The molecule has 0 spiro atoms. The zero-order chi connectivity index (χ0) is 18.4. The summed E-state index contributed by atoms with van der Waals surface area (Å²) in [5.74, 6) is 0.543. The standard InChI is InChI=1S/C18H27N3O4/c1-4-11(2)17(19)18(23)21-13-7-8-14(24-3)15(9-13)25-10-16(22)20-12-5-6-12/h7-9,11-12,17H,4-6,10,19H2,1-3H3,(H,20,22)(H,21,23). The Bertz CT molecular complexity index is 616. The van der Waals surface area contributed by atoms with Gasteiger partial charge in [0.2, 0.25) is 5.91 Å². The molecule has 138 valence electrons. The number of benzene rings is 1. The van der Waals surface area contributed by atoms with Gasteiger partial charge in [-0.2, -0.15) is 0 Å². The van der Waals surface area contributed by atoms with Crippen molar-refractivity contribution in [2.75, 3.05) is 19.0 Å². The van der Waals surface area contributed by atoms with Crippen molar-refractivity contribution in [3.63, 3.8) is 0 Å². The summed E-state index contributed by atoms with van der Waals surface area (Å²) in [6.07, 6.45) is 2.86. The number of ether oxygens (including phenoxy) is 2. The zero-order valence-corrected chi connectivity index (χ0v) is 15.0. The van der Waals surface area contributed by atoms with Gasteiger partial charge in [0, 0.05) is 17.8 Å². The molecular weight excluding hydrogens is 322 g/mol. The number of anilines is 1. The molecule has 4 N–H and O–H groups in total. The second-order valence-electron chi connectivity index (χ2n) is 6.40. The zero-order valence-electron chi connectivity index (χ0n) is 15.0. The Morgan fingerprint density at radius 1 is 1.32 bits per heavy atom. The first-order valence-corrected chi connectivity index (χ1v) is 8.61. The molecule has 2 amide bonds. The number of hydrogen-bond donors (Lipinski definition) is 3. The molecule has 0 saturated heterocycles. The van der Waals surface area contributed by atoms with Crippen LogP contribution >= 0.6 is 0 Å². The number of rotatable bonds is 9. The van der Waals surface area contributed by atoms with E-state index in [0.29, 0.717) is 17.2 Å². The monoisotopic (exact) mass is 349 g/mol. The van der Waals surface area contributed by atoms with E-state index in [-0.39, 0.29) is 30.4 Å². The second-order valence-corrected chi connectivity index (χ2v) is 6.40. The molecule has 0 bridgehead atoms. The number of nitrogens with one attached hydrogen (secondary N) is 2. The minimum Gasteiger partial charge on any atom is -0.493 e. The van der Waals surface area contributed by atoms with E-state index >= 15 is 0 Å². The Morgan fingerprint density at radius 2 is 2.04 bits per heavy atom. The van der Waals surface area contributed by atoms with Gasteiger partial charge in [0.05, 0.1) is 13.2 Å². The van der Waals surface area contributed by atoms with E-state index in [1.54, 1.807) is 18.2 Å². The van der Waals surface area contributed by atoms with Gasteiger partial charge >= 0.3 is 0 Å². The summed E-state index contributed by atoms with van der Waals surface area (Å²) < 4.78 is 10.8. The Morgan fingerprint density at radius 3 is 2.64 bits per heavy atom. The van der Waals surface area contributed by atoms with Crippen LogP contribution in [0, 0.1) is 5.92 Å². The predicted molar refractivity (Wildman–Crippen MR) is 95.7 cm³/mol. The summed E-state index contributed by atoms with van der Waals surface area (Å²) in [5, 5.41) is 5.63. The van der Waals surface area contributed by atoms with Crippen molar-refractivity contribution in [1.29, 1.82) is 0 Å². The SMILES string of the molecule is CCC(C)C(N)C(=O)Nc1ccc(OC)c(OCC(=O)NC2CC2)c1. The minimum atomic E-state index is -0.583. The summed E-state index contributed by atoms with van der Waals surface area (Å²) in [6.45, 7) is 3.83. The van der Waals surface area contributed by atoms with E-state index in [1.807, 2.05) is 13.8 Å². The Kier molecular flexibility index (Phi) is 6.64. The molecule has 2 rings (SSSR count). The maximum Gasteiger partial charge on any atom is 0.258 e. The van der Waals surface area contributed by atoms with Crippen molar-refractivity contribution >= 4 is 17.5 Å². The minimum absolute atomic E-state index is 0.0834. The van der Waals surface area contributed by atoms with E-state index in [9.17, 15) is 9.59 Å². The van der Waals surface area contributed by atoms with Crippen LogP contribution in [0.1, 0.15) is 33.1 Å². The van der Waals surface area contributed by atoms with E-state index in [4.69, 9.17) is 15.2 Å². The van der Waals surface area contributed by atoms with Crippen LogP contribution in [0.2, 0.25) is 0 Å². The lowest BCUT2D eigenvalue weighted by molar-refractivity contribution is -0.123. The Balaban J connectivity index is 1.99. The fraction of sp³-hybridized carbons (Fsp3) is 0.556. The maximum atomic E-state index is 12.2. The van der Waals surface area contributed by atoms with Crippen LogP contribution in [0.4, 0.5) is 5.69 Å². The number of hydrogen-bond acceptors (Lipinski definition) is 5. The van der Waals surface area contributed by atoms with Crippen LogP contribution in [0.5, 0.6) is 11.5 Å². The summed E-state index contributed by atoms with van der Waals surface area (Å²) in [5.41, 5.74) is 6.49. The summed E-state index contributed by atoms with van der Waals surface area (Å²) >= 11 is 0. The molecule has 25 heavy (non-hydrogen) atoms. The lowest BCUT2D eigenvalue weighted by atomic mass is 9.99. The van der Waals surface area contributed by atoms with E-state index < -0.39 is 6.04 Å². The Labute approximate surface area is 148 Å². The lowest BCUT2D eigenvalue weighted by Gasteiger charge is -2.18. The van der Waals surface area contributed by atoms with Crippen molar-refractivity contribution in [2.45, 2.75) is 45.2 Å². The predicted octanol–water partition coefficient (Wildman–Crippen LogP) is 1.66. The van der Waals surface area contributed by atoms with Crippen LogP contribution in [0.15, 0.2) is 18.2 Å². The summed E-state index contributed by atoms with van der Waals surface area (Å²) in [7, 11) is 1.52. The molecule has 7 nitrogen and oxygen atoms in total. The van der Waals surface area contributed by atoms with Crippen molar-refractivity contribution < 1.29 is 19.1 Å². The van der Waals surface area contributed by atoms with E-state index in [0.717, 1.165) is 19.3 Å². The first-order valence-electron chi connectivity index (χ1n) is 8.61. The van der Waals surface area contributed by atoms with Crippen molar-refractivity contribution in [3.05, 3.63) is 18.2 Å². The highest BCUT2D eigenvalue weighted by Gasteiger charge is 2.23. The maximum absolute atomic E-state index is 12.2. The molecule has 7 heteroatoms. The van der Waals surface area contributed by atoms with Gasteiger partial charge in [-0.15, -0.1) is 0 Å². The quantitative estimate of drug-likeness (QED) is 0.629. The number of methoxy groups -OCH3 is 1. The fourth-order valence-electron chi connectivity index (χ4n) is 2.25. The first-order chi connectivity index (χ1) is 11.9. The van der Waals surface area contributed by atoms with Crippen LogP contribution in [-0.4, -0.2) is 37.6 Å². The molecule has 0 aliphatic heterocycles. The van der Waals surface area contributed by atoms with Gasteiger partial charge in [0.15, 0.2) is 18.1 Å². The van der Waals surface area contributed by atoms with E-state index in [2.05, 4.69) is 10.6 Å². The average molecular weight is 349 g/mol. The molecule has 1 aliphatic rings. The van der Waals surface area contributed by atoms with Gasteiger partial charge in [0.25, 0.3) is 5.91 Å². The third kappa shape index (κ3) is 5.63. The molecule has 1 saturated carbocycles. The lowest BCUT2D eigenvalue weighted by Crippen LogP contribution is -2.40. The largest absolute Gasteiger partial charge is 0.493 e. The van der Waals surface area contributed by atoms with Crippen LogP contribution in [0.3, 0.4) is 0 Å². The highest BCUT2D eigenvalue weighted by molar-refractivity contribution is 5.95. The molecule has 1 aliphatic carbocycles. The van der Waals surface area contributed by atoms with Crippen molar-refractivity contribution in [1.82, 2.24) is 5.32 Å². The molecule has 1 aromatic carbocycles. The van der Waals surface area contributed by atoms with Crippen molar-refractivity contribution in [3.8, 4) is 11.5 Å². The topological polar surface area (TPSA) is 103 Å². The van der Waals surface area contributed by atoms with Crippen LogP contribution in [-0.2, 0) is 9.59 Å². The molecule has 2 atom stereocenters. The van der Waals surface area contributed by atoms with Crippen LogP contribution < -0.4 is 25.8 Å². The highest BCUT2D eigenvalue weighted by atomic mass is 16.5. The van der Waals surface area contributed by atoms with Crippen LogP contribution in [0.25, 0.3) is 0 Å². The average Bonchev–Trinajstić information content (AvgIpc) is 3.42. The van der Waals surface area contributed by atoms with Gasteiger partial charge in [-0.25, -0.2) is 0 Å². The third-order valence-electron chi connectivity index (χ3n) is 4.29. The van der Waals surface area contributed by atoms with Gasteiger partial charge < -0.3 is 25.8 Å². The number of carbonyl (C=O) groups excluding carboxylic acids is 2. The number of carbonyl (C=O) groups is 2. The fourth-order valence-corrected chi connectivity index (χ4v) is 2.25. The van der Waals surface area contributed by atoms with Crippen molar-refractivity contribution in [2.24, 2.45) is 11.7 Å². The third-order valence-corrected chi connectivity index (χ3v) is 4.29.